The minimum absolute atomic E-state index is 0.117. The van der Waals surface area contributed by atoms with Gasteiger partial charge in [-0.3, -0.25) is 4.79 Å². The lowest BCUT2D eigenvalue weighted by atomic mass is 10.0. The molecule has 0 aliphatic rings. The number of hydrogen-bond acceptors (Lipinski definition) is 4. The lowest BCUT2D eigenvalue weighted by Crippen LogP contribution is -2.38. The van der Waals surface area contributed by atoms with Gasteiger partial charge in [0.15, 0.2) is 0 Å². The normalized spacial score (nSPS) is 12.4. The van der Waals surface area contributed by atoms with Crippen LogP contribution in [-0.2, 0) is 16.0 Å². The summed E-state index contributed by atoms with van der Waals surface area (Å²) in [4.78, 5) is 13.8. The first-order valence-electron chi connectivity index (χ1n) is 7.60. The highest BCUT2D eigenvalue weighted by molar-refractivity contribution is 5.70. The Balaban J connectivity index is 2.57. The highest BCUT2D eigenvalue weighted by atomic mass is 16.5. The van der Waals surface area contributed by atoms with Gasteiger partial charge in [0.05, 0.1) is 13.0 Å². The number of aryl methyl sites for hydroxylation is 1. The molecule has 4 nitrogen and oxygen atoms in total. The van der Waals surface area contributed by atoms with E-state index in [0.717, 1.165) is 19.5 Å². The monoisotopic (exact) mass is 292 g/mol. The van der Waals surface area contributed by atoms with E-state index in [1.807, 2.05) is 21.0 Å². The molecule has 1 N–H and O–H groups in total. The fourth-order valence-electron chi connectivity index (χ4n) is 2.14. The number of likely N-dealkylation sites (N-methyl/N-ethyl adjacent to an activating group) is 1. The Morgan fingerprint density at radius 1 is 1.29 bits per heavy atom. The molecule has 1 aromatic rings. The number of benzene rings is 1. The fourth-order valence-corrected chi connectivity index (χ4v) is 2.14. The Labute approximate surface area is 128 Å². The molecule has 21 heavy (non-hydrogen) atoms. The second-order valence-electron chi connectivity index (χ2n) is 5.65. The number of carbonyl (C=O) groups excluding carboxylic acids is 1. The first kappa shape index (κ1) is 17.7. The first-order valence-corrected chi connectivity index (χ1v) is 7.60. The molecule has 0 aliphatic carbocycles. The Bertz CT molecular complexity index is 415. The van der Waals surface area contributed by atoms with E-state index in [1.54, 1.807) is 0 Å². The van der Waals surface area contributed by atoms with Crippen molar-refractivity contribution in [1.29, 1.82) is 0 Å². The molecule has 1 rings (SSSR count). The number of nitrogens with one attached hydrogen (secondary N) is 1. The summed E-state index contributed by atoms with van der Waals surface area (Å²) in [6.07, 6.45) is 1.25. The lowest BCUT2D eigenvalue weighted by molar-refractivity contribution is -0.143. The molecule has 0 bridgehead atoms. The van der Waals surface area contributed by atoms with Crippen LogP contribution in [0.5, 0.6) is 0 Å². The molecule has 0 aromatic heterocycles. The molecule has 0 amide bonds. The number of esters is 1. The minimum Gasteiger partial charge on any atom is -0.466 e. The third kappa shape index (κ3) is 7.83. The molecule has 1 atom stereocenters. The molecule has 0 aliphatic heterocycles. The zero-order valence-electron chi connectivity index (χ0n) is 13.7. The largest absolute Gasteiger partial charge is 0.466 e. The van der Waals surface area contributed by atoms with Crippen LogP contribution in [0.25, 0.3) is 0 Å². The smallest absolute Gasteiger partial charge is 0.307 e. The number of rotatable bonds is 9. The van der Waals surface area contributed by atoms with Gasteiger partial charge in [-0.05, 0) is 39.9 Å². The molecular formula is C17H28N2O2. The minimum atomic E-state index is -0.132. The third-order valence-electron chi connectivity index (χ3n) is 3.31. The van der Waals surface area contributed by atoms with Gasteiger partial charge in [-0.1, -0.05) is 29.8 Å². The van der Waals surface area contributed by atoms with Crippen molar-refractivity contribution in [2.75, 3.05) is 33.8 Å². The quantitative estimate of drug-likeness (QED) is 0.707. The first-order chi connectivity index (χ1) is 10.0. The summed E-state index contributed by atoms with van der Waals surface area (Å²) < 4.78 is 5.07. The third-order valence-corrected chi connectivity index (χ3v) is 3.31. The summed E-state index contributed by atoms with van der Waals surface area (Å²) in [7, 11) is 4.09. The average Bonchev–Trinajstić information content (AvgIpc) is 2.41. The summed E-state index contributed by atoms with van der Waals surface area (Å²) in [5.41, 5.74) is 2.49. The summed E-state index contributed by atoms with van der Waals surface area (Å²) >= 11 is 0. The molecule has 0 saturated heterocycles. The maximum absolute atomic E-state index is 11.7. The molecule has 0 fully saturated rings. The fraction of sp³-hybridized carbons (Fsp3) is 0.588. The molecule has 4 heteroatoms. The van der Waals surface area contributed by atoms with Gasteiger partial charge in [-0.15, -0.1) is 0 Å². The van der Waals surface area contributed by atoms with Crippen molar-refractivity contribution in [1.82, 2.24) is 10.2 Å². The van der Waals surface area contributed by atoms with Gasteiger partial charge in [0.2, 0.25) is 0 Å². The van der Waals surface area contributed by atoms with Crippen LogP contribution in [0, 0.1) is 6.92 Å². The Morgan fingerprint density at radius 3 is 2.52 bits per heavy atom. The van der Waals surface area contributed by atoms with E-state index in [4.69, 9.17) is 4.74 Å². The standard InChI is InChI=1S/C17H28N2O2/c1-5-21-17(20)13-16(18-10-11-19(3)4)12-15-8-6-14(2)7-9-15/h6-9,16,18H,5,10-13H2,1-4H3. The van der Waals surface area contributed by atoms with E-state index in [9.17, 15) is 4.79 Å². The van der Waals surface area contributed by atoms with Gasteiger partial charge in [0, 0.05) is 19.1 Å². The molecule has 1 aromatic carbocycles. The molecule has 0 radical (unpaired) electrons. The highest BCUT2D eigenvalue weighted by Crippen LogP contribution is 2.09. The van der Waals surface area contributed by atoms with E-state index < -0.39 is 0 Å². The average molecular weight is 292 g/mol. The Hall–Kier alpha value is -1.39. The van der Waals surface area contributed by atoms with E-state index in [0.29, 0.717) is 13.0 Å². The van der Waals surface area contributed by atoms with Crippen molar-refractivity contribution in [3.8, 4) is 0 Å². The Kier molecular flexibility index (Phi) is 8.01. The van der Waals surface area contributed by atoms with Crippen molar-refractivity contribution < 1.29 is 9.53 Å². The predicted molar refractivity (Wildman–Crippen MR) is 86.5 cm³/mol. The van der Waals surface area contributed by atoms with Crippen LogP contribution in [0.2, 0.25) is 0 Å². The van der Waals surface area contributed by atoms with Gasteiger partial charge >= 0.3 is 5.97 Å². The van der Waals surface area contributed by atoms with Crippen molar-refractivity contribution in [2.24, 2.45) is 0 Å². The maximum Gasteiger partial charge on any atom is 0.307 e. The zero-order chi connectivity index (χ0) is 15.7. The second-order valence-corrected chi connectivity index (χ2v) is 5.65. The lowest BCUT2D eigenvalue weighted by Gasteiger charge is -2.19. The van der Waals surface area contributed by atoms with Crippen molar-refractivity contribution >= 4 is 5.97 Å². The van der Waals surface area contributed by atoms with Gasteiger partial charge in [-0.2, -0.15) is 0 Å². The molecule has 118 valence electrons. The van der Waals surface area contributed by atoms with Crippen LogP contribution in [-0.4, -0.2) is 50.7 Å². The van der Waals surface area contributed by atoms with E-state index >= 15 is 0 Å². The van der Waals surface area contributed by atoms with Crippen LogP contribution in [0.1, 0.15) is 24.5 Å². The molecule has 0 saturated carbocycles. The number of nitrogens with zero attached hydrogens (tertiary/aromatic N) is 1. The van der Waals surface area contributed by atoms with Crippen LogP contribution in [0.3, 0.4) is 0 Å². The summed E-state index contributed by atoms with van der Waals surface area (Å²) in [6.45, 7) is 6.17. The van der Waals surface area contributed by atoms with Crippen molar-refractivity contribution in [2.45, 2.75) is 32.7 Å². The summed E-state index contributed by atoms with van der Waals surface area (Å²) in [5.74, 6) is -0.132. The van der Waals surface area contributed by atoms with Crippen molar-refractivity contribution in [3.63, 3.8) is 0 Å². The molecule has 1 unspecified atom stereocenters. The second kappa shape index (κ2) is 9.53. The maximum atomic E-state index is 11.7. The number of hydrogen-bond donors (Lipinski definition) is 1. The summed E-state index contributed by atoms with van der Waals surface area (Å²) in [5, 5.41) is 3.46. The summed E-state index contributed by atoms with van der Waals surface area (Å²) in [6, 6.07) is 8.58. The topological polar surface area (TPSA) is 41.6 Å². The van der Waals surface area contributed by atoms with Gasteiger partial charge < -0.3 is 15.0 Å². The SMILES string of the molecule is CCOC(=O)CC(Cc1ccc(C)cc1)NCCN(C)C. The molecular weight excluding hydrogens is 264 g/mol. The van der Waals surface area contributed by atoms with E-state index in [2.05, 4.69) is 41.4 Å². The van der Waals surface area contributed by atoms with Crippen molar-refractivity contribution in [3.05, 3.63) is 35.4 Å². The Morgan fingerprint density at radius 2 is 1.95 bits per heavy atom. The van der Waals surface area contributed by atoms with Crippen LogP contribution < -0.4 is 5.32 Å². The van der Waals surface area contributed by atoms with E-state index in [1.165, 1.54) is 11.1 Å². The van der Waals surface area contributed by atoms with Crippen LogP contribution in [0.4, 0.5) is 0 Å². The van der Waals surface area contributed by atoms with Crippen LogP contribution >= 0.6 is 0 Å². The van der Waals surface area contributed by atoms with Crippen LogP contribution in [0.15, 0.2) is 24.3 Å². The van der Waals surface area contributed by atoms with Gasteiger partial charge in [0.25, 0.3) is 0 Å². The zero-order valence-corrected chi connectivity index (χ0v) is 13.7. The number of carbonyl (C=O) groups is 1. The molecule has 0 heterocycles. The van der Waals surface area contributed by atoms with Gasteiger partial charge in [-0.25, -0.2) is 0 Å². The number of ether oxygens (including phenoxy) is 1. The van der Waals surface area contributed by atoms with Gasteiger partial charge in [0.1, 0.15) is 0 Å². The van der Waals surface area contributed by atoms with E-state index in [-0.39, 0.29) is 12.0 Å². The molecule has 0 spiro atoms. The highest BCUT2D eigenvalue weighted by Gasteiger charge is 2.15. The predicted octanol–water partition coefficient (Wildman–Crippen LogP) is 2.01.